The van der Waals surface area contributed by atoms with Crippen LogP contribution < -0.4 is 12.4 Å². The fraction of sp³-hybridized carbons (Fsp3) is 1.00. The van der Waals surface area contributed by atoms with Crippen molar-refractivity contribution in [1.29, 1.82) is 0 Å². The largest absolute Gasteiger partial charge is 1.00 e. The maximum absolute atomic E-state index is 12.4. The lowest BCUT2D eigenvalue weighted by molar-refractivity contribution is -0.917. The molecule has 0 saturated heterocycles. The van der Waals surface area contributed by atoms with Gasteiger partial charge in [-0.1, -0.05) is 11.6 Å². The van der Waals surface area contributed by atoms with Crippen molar-refractivity contribution in [2.24, 2.45) is 0 Å². The fourth-order valence-corrected chi connectivity index (χ4v) is 0.285. The zero-order valence-electron chi connectivity index (χ0n) is 5.87. The van der Waals surface area contributed by atoms with Gasteiger partial charge in [0, 0.05) is 6.92 Å². The zero-order chi connectivity index (χ0) is 6.78. The van der Waals surface area contributed by atoms with Gasteiger partial charge in [0.05, 0.1) is 14.1 Å². The van der Waals surface area contributed by atoms with Crippen LogP contribution in [0.2, 0.25) is 0 Å². The van der Waals surface area contributed by atoms with Gasteiger partial charge in [0.15, 0.2) is 6.00 Å². The highest BCUT2D eigenvalue weighted by atomic mass is 35.5. The van der Waals surface area contributed by atoms with E-state index in [9.17, 15) is 4.39 Å². The van der Waals surface area contributed by atoms with Crippen LogP contribution in [-0.2, 0) is 0 Å². The monoisotopic (exact) mass is 175 g/mol. The molecule has 0 N–H and O–H groups in total. The summed E-state index contributed by atoms with van der Waals surface area (Å²) >= 11 is 5.42. The maximum Gasteiger partial charge on any atom is 0.229 e. The van der Waals surface area contributed by atoms with Crippen molar-refractivity contribution in [3.05, 3.63) is 0 Å². The molecule has 0 amide bonds. The second-order valence-corrected chi connectivity index (χ2v) is 2.71. The molecule has 0 bridgehead atoms. The van der Waals surface area contributed by atoms with Crippen LogP contribution in [0, 0.1) is 0 Å². The molecule has 0 aliphatic carbocycles. The van der Waals surface area contributed by atoms with E-state index >= 15 is 0 Å². The Morgan fingerprint density at radius 3 is 1.89 bits per heavy atom. The molecule has 0 aromatic heterocycles. The molecule has 1 unspecified atom stereocenters. The van der Waals surface area contributed by atoms with Crippen molar-refractivity contribution in [3.8, 4) is 0 Å². The summed E-state index contributed by atoms with van der Waals surface area (Å²) in [7, 11) is 3.50. The van der Waals surface area contributed by atoms with Crippen molar-refractivity contribution in [3.63, 3.8) is 0 Å². The van der Waals surface area contributed by atoms with E-state index in [1.165, 1.54) is 6.92 Å². The topological polar surface area (TPSA) is 0 Å². The van der Waals surface area contributed by atoms with Crippen molar-refractivity contribution in [2.75, 3.05) is 20.1 Å². The molecule has 0 spiro atoms. The van der Waals surface area contributed by atoms with Crippen molar-refractivity contribution in [1.82, 2.24) is 0 Å². The molecule has 4 heteroatoms. The van der Waals surface area contributed by atoms with E-state index < -0.39 is 6.30 Å². The van der Waals surface area contributed by atoms with Crippen LogP contribution in [0.5, 0.6) is 0 Å². The summed E-state index contributed by atoms with van der Waals surface area (Å²) in [4.78, 5) is 0. The van der Waals surface area contributed by atoms with Gasteiger partial charge in [0.1, 0.15) is 0 Å². The summed E-state index contributed by atoms with van der Waals surface area (Å²) in [6, 6.07) is 0.317. The first kappa shape index (κ1) is 12.2. The number of nitrogens with zero attached hydrogens (tertiary/aromatic N) is 1. The Bertz CT molecular complexity index is 75.4. The van der Waals surface area contributed by atoms with Crippen molar-refractivity contribution in [2.45, 2.75) is 13.2 Å². The number of rotatable bonds is 2. The Morgan fingerprint density at radius 2 is 1.89 bits per heavy atom. The summed E-state index contributed by atoms with van der Waals surface area (Å²) in [5, 5.41) is 0. The van der Waals surface area contributed by atoms with E-state index in [1.54, 1.807) is 14.1 Å². The van der Waals surface area contributed by atoms with Crippen molar-refractivity contribution < 1.29 is 21.3 Å². The Kier molecular flexibility index (Phi) is 5.83. The van der Waals surface area contributed by atoms with E-state index in [-0.39, 0.29) is 16.9 Å². The normalized spacial score (nSPS) is 14.3. The van der Waals surface area contributed by atoms with Gasteiger partial charge in [0.2, 0.25) is 6.30 Å². The molecule has 58 valence electrons. The van der Waals surface area contributed by atoms with Crippen molar-refractivity contribution >= 4 is 11.6 Å². The Labute approximate surface area is 66.8 Å². The SMILES string of the molecule is CC(F)[N+](C)(C)CCl.[Cl-]. The second-order valence-electron chi connectivity index (χ2n) is 2.47. The molecule has 0 heterocycles. The summed E-state index contributed by atoms with van der Waals surface area (Å²) < 4.78 is 12.6. The number of hydrogen-bond acceptors (Lipinski definition) is 0. The smallest absolute Gasteiger partial charge is 0.229 e. The molecule has 0 radical (unpaired) electrons. The van der Waals surface area contributed by atoms with Crippen LogP contribution >= 0.6 is 11.6 Å². The first-order valence-electron chi connectivity index (χ1n) is 2.53. The molecule has 1 nitrogen and oxygen atoms in total. The second kappa shape index (κ2) is 4.31. The average molecular weight is 176 g/mol. The Hall–Kier alpha value is 0.470. The summed E-state index contributed by atoms with van der Waals surface area (Å²) in [6.45, 7) is 1.50. The molecule has 0 aromatic rings. The molecule has 0 rings (SSSR count). The predicted molar refractivity (Wildman–Crippen MR) is 33.4 cm³/mol. The predicted octanol–water partition coefficient (Wildman–Crippen LogP) is -1.42. The van der Waals surface area contributed by atoms with Crippen LogP contribution in [-0.4, -0.2) is 30.9 Å². The Balaban J connectivity index is 0. The van der Waals surface area contributed by atoms with Gasteiger partial charge in [0.25, 0.3) is 0 Å². The number of hydrogen-bond donors (Lipinski definition) is 0. The number of quaternary nitrogens is 1. The number of halogens is 3. The zero-order valence-corrected chi connectivity index (χ0v) is 7.38. The quantitative estimate of drug-likeness (QED) is 0.275. The van der Waals surface area contributed by atoms with Gasteiger partial charge < -0.3 is 12.4 Å². The first-order chi connectivity index (χ1) is 3.50. The third-order valence-corrected chi connectivity index (χ3v) is 1.89. The van der Waals surface area contributed by atoms with Gasteiger partial charge in [-0.05, 0) is 0 Å². The summed E-state index contributed by atoms with van der Waals surface area (Å²) in [6.07, 6.45) is -0.882. The highest BCUT2D eigenvalue weighted by molar-refractivity contribution is 6.16. The molecule has 0 aromatic carbocycles. The lowest BCUT2D eigenvalue weighted by Crippen LogP contribution is -3.00. The van der Waals surface area contributed by atoms with Crippen LogP contribution in [0.3, 0.4) is 0 Å². The highest BCUT2D eigenvalue weighted by Crippen LogP contribution is 2.07. The summed E-state index contributed by atoms with van der Waals surface area (Å²) in [5.74, 6) is 0. The van der Waals surface area contributed by atoms with E-state index in [1.807, 2.05) is 0 Å². The lowest BCUT2D eigenvalue weighted by atomic mass is 10.5. The molecule has 0 aliphatic rings. The van der Waals surface area contributed by atoms with E-state index in [0.29, 0.717) is 6.00 Å². The maximum atomic E-state index is 12.4. The van der Waals surface area contributed by atoms with E-state index in [4.69, 9.17) is 11.6 Å². The van der Waals surface area contributed by atoms with Gasteiger partial charge >= 0.3 is 0 Å². The molecule has 0 aliphatic heterocycles. The lowest BCUT2D eigenvalue weighted by Gasteiger charge is -2.27. The van der Waals surface area contributed by atoms with Crippen LogP contribution in [0.25, 0.3) is 0 Å². The third kappa shape index (κ3) is 3.95. The minimum absolute atomic E-state index is 0. The summed E-state index contributed by atoms with van der Waals surface area (Å²) in [5.41, 5.74) is 0. The van der Waals surface area contributed by atoms with E-state index in [2.05, 4.69) is 0 Å². The van der Waals surface area contributed by atoms with Gasteiger partial charge in [-0.15, -0.1) is 0 Å². The van der Waals surface area contributed by atoms with Crippen LogP contribution in [0.4, 0.5) is 4.39 Å². The highest BCUT2D eigenvalue weighted by Gasteiger charge is 2.20. The molecule has 0 fully saturated rings. The molecular formula is C5H12Cl2FN. The van der Waals surface area contributed by atoms with Crippen LogP contribution in [0.15, 0.2) is 0 Å². The molecular weight excluding hydrogens is 164 g/mol. The average Bonchev–Trinajstić information content (AvgIpc) is 1.67. The first-order valence-corrected chi connectivity index (χ1v) is 3.07. The molecule has 9 heavy (non-hydrogen) atoms. The standard InChI is InChI=1S/C5H12ClFN.ClH/c1-5(7)8(2,3)4-6;/h5H,4H2,1-3H3;1H/q+1;/p-1. The van der Waals surface area contributed by atoms with Gasteiger partial charge in [-0.25, -0.2) is 0 Å². The van der Waals surface area contributed by atoms with Crippen LogP contribution in [0.1, 0.15) is 6.92 Å². The van der Waals surface area contributed by atoms with Gasteiger partial charge in [-0.3, -0.25) is 4.48 Å². The fourth-order valence-electron chi connectivity index (χ4n) is 0.0951. The Morgan fingerprint density at radius 1 is 1.56 bits per heavy atom. The molecule has 0 saturated carbocycles. The molecule has 1 atom stereocenters. The minimum atomic E-state index is -0.882. The third-order valence-electron chi connectivity index (χ3n) is 1.27. The number of alkyl halides is 2. The minimum Gasteiger partial charge on any atom is -1.00 e. The van der Waals surface area contributed by atoms with Gasteiger partial charge in [-0.2, -0.15) is 4.39 Å². The van der Waals surface area contributed by atoms with E-state index in [0.717, 1.165) is 0 Å².